The Kier molecular flexibility index (Phi) is 5.44. The van der Waals surface area contributed by atoms with Crippen molar-refractivity contribution >= 4 is 5.97 Å². The van der Waals surface area contributed by atoms with Gasteiger partial charge in [-0.3, -0.25) is 4.79 Å². The van der Waals surface area contributed by atoms with Gasteiger partial charge in [0.05, 0.1) is 13.5 Å². The van der Waals surface area contributed by atoms with Gasteiger partial charge in [-0.15, -0.1) is 0 Å². The molecule has 0 saturated carbocycles. The lowest BCUT2D eigenvalue weighted by Crippen LogP contribution is -1.96. The zero-order chi connectivity index (χ0) is 7.82. The number of hydrogen-bond donors (Lipinski definition) is 0. The van der Waals surface area contributed by atoms with Gasteiger partial charge in [0.1, 0.15) is 0 Å². The van der Waals surface area contributed by atoms with Gasteiger partial charge in [-0.25, -0.2) is 0 Å². The van der Waals surface area contributed by atoms with Gasteiger partial charge in [-0.05, 0) is 6.92 Å². The van der Waals surface area contributed by atoms with E-state index in [1.165, 1.54) is 7.11 Å². The molecule has 0 aliphatic rings. The van der Waals surface area contributed by atoms with Crippen LogP contribution in [0, 0.1) is 0 Å². The van der Waals surface area contributed by atoms with Crippen molar-refractivity contribution in [3.8, 4) is 0 Å². The average Bonchev–Trinajstić information content (AvgIpc) is 1.98. The van der Waals surface area contributed by atoms with Crippen LogP contribution >= 0.6 is 0 Å². The Bertz CT molecular complexity index is 145. The Hall–Kier alpha value is -1.05. The maximum Gasteiger partial charge on any atom is 0.309 e. The molecule has 0 aliphatic carbocycles. The second kappa shape index (κ2) is 6.08. The van der Waals surface area contributed by atoms with E-state index in [0.29, 0.717) is 6.42 Å². The quantitative estimate of drug-likeness (QED) is 0.440. The van der Waals surface area contributed by atoms with Crippen LogP contribution in [-0.2, 0) is 9.53 Å². The maximum atomic E-state index is 10.5. The molecule has 0 heterocycles. The summed E-state index contributed by atoms with van der Waals surface area (Å²) in [7, 11) is 1.38. The second-order valence-corrected chi connectivity index (χ2v) is 1.73. The van der Waals surface area contributed by atoms with Crippen molar-refractivity contribution in [1.29, 1.82) is 0 Å². The number of hydrogen-bond acceptors (Lipinski definition) is 2. The Balaban J connectivity index is 3.43. The molecule has 0 bridgehead atoms. The summed E-state index contributed by atoms with van der Waals surface area (Å²) >= 11 is 0. The molecule has 56 valence electrons. The van der Waals surface area contributed by atoms with Crippen LogP contribution < -0.4 is 0 Å². The fraction of sp³-hybridized carbons (Fsp3) is 0.375. The van der Waals surface area contributed by atoms with Crippen molar-refractivity contribution in [2.45, 2.75) is 13.3 Å². The van der Waals surface area contributed by atoms with E-state index in [1.54, 1.807) is 6.08 Å². The smallest absolute Gasteiger partial charge is 0.309 e. The summed E-state index contributed by atoms with van der Waals surface area (Å²) in [6, 6.07) is 0. The minimum atomic E-state index is -0.208. The van der Waals surface area contributed by atoms with Gasteiger partial charge in [0.15, 0.2) is 0 Å². The summed E-state index contributed by atoms with van der Waals surface area (Å²) < 4.78 is 4.42. The predicted octanol–water partition coefficient (Wildman–Crippen LogP) is 1.68. The van der Waals surface area contributed by atoms with Gasteiger partial charge < -0.3 is 4.74 Å². The molecule has 0 amide bonds. The number of esters is 1. The normalized spacial score (nSPS) is 11.0. The summed E-state index contributed by atoms with van der Waals surface area (Å²) in [6.45, 7) is 1.92. The minimum Gasteiger partial charge on any atom is -0.469 e. The van der Waals surface area contributed by atoms with Crippen molar-refractivity contribution < 1.29 is 9.53 Å². The van der Waals surface area contributed by atoms with Crippen LogP contribution in [0.2, 0.25) is 0 Å². The molecule has 0 unspecified atom stereocenters. The van der Waals surface area contributed by atoms with Crippen LogP contribution in [0.1, 0.15) is 13.3 Å². The molecule has 0 radical (unpaired) electrons. The van der Waals surface area contributed by atoms with Gasteiger partial charge in [-0.1, -0.05) is 24.3 Å². The van der Waals surface area contributed by atoms with Crippen LogP contribution in [0.25, 0.3) is 0 Å². The average molecular weight is 140 g/mol. The number of rotatable bonds is 3. The molecule has 0 aromatic carbocycles. The summed E-state index contributed by atoms with van der Waals surface area (Å²) in [4.78, 5) is 10.5. The highest BCUT2D eigenvalue weighted by Gasteiger charge is 1.91. The van der Waals surface area contributed by atoms with E-state index in [2.05, 4.69) is 4.74 Å². The second-order valence-electron chi connectivity index (χ2n) is 1.73. The van der Waals surface area contributed by atoms with E-state index >= 15 is 0 Å². The fourth-order valence-corrected chi connectivity index (χ4v) is 0.437. The Morgan fingerprint density at radius 1 is 1.50 bits per heavy atom. The summed E-state index contributed by atoms with van der Waals surface area (Å²) in [5, 5.41) is 0. The highest BCUT2D eigenvalue weighted by molar-refractivity contribution is 5.70. The molecule has 0 rings (SSSR count). The first-order valence-electron chi connectivity index (χ1n) is 3.16. The Labute approximate surface area is 61.2 Å². The van der Waals surface area contributed by atoms with Gasteiger partial charge in [0.2, 0.25) is 0 Å². The zero-order valence-corrected chi connectivity index (χ0v) is 6.33. The molecule has 0 aromatic rings. The van der Waals surface area contributed by atoms with Crippen molar-refractivity contribution in [3.05, 3.63) is 24.3 Å². The first kappa shape index (κ1) is 8.95. The van der Waals surface area contributed by atoms with Crippen LogP contribution in [0.15, 0.2) is 24.3 Å². The van der Waals surface area contributed by atoms with Gasteiger partial charge in [0, 0.05) is 0 Å². The molecule has 0 atom stereocenters. The first-order chi connectivity index (χ1) is 4.81. The molecule has 0 saturated heterocycles. The molecule has 2 heteroatoms. The van der Waals surface area contributed by atoms with Crippen LogP contribution in [0.5, 0.6) is 0 Å². The van der Waals surface area contributed by atoms with E-state index in [0.717, 1.165) is 0 Å². The molecule has 0 aromatic heterocycles. The van der Waals surface area contributed by atoms with Crippen molar-refractivity contribution in [1.82, 2.24) is 0 Å². The topological polar surface area (TPSA) is 26.3 Å². The lowest BCUT2D eigenvalue weighted by atomic mass is 10.3. The molecular formula is C8H12O2. The molecule has 0 N–H and O–H groups in total. The molecule has 0 fully saturated rings. The fourth-order valence-electron chi connectivity index (χ4n) is 0.437. The monoisotopic (exact) mass is 140 g/mol. The van der Waals surface area contributed by atoms with Gasteiger partial charge >= 0.3 is 5.97 Å². The summed E-state index contributed by atoms with van der Waals surface area (Å²) in [5.74, 6) is -0.208. The maximum absolute atomic E-state index is 10.5. The van der Waals surface area contributed by atoms with Gasteiger partial charge in [-0.2, -0.15) is 0 Å². The van der Waals surface area contributed by atoms with E-state index in [4.69, 9.17) is 0 Å². The number of ether oxygens (including phenoxy) is 1. The van der Waals surface area contributed by atoms with E-state index in [-0.39, 0.29) is 5.97 Å². The van der Waals surface area contributed by atoms with Crippen LogP contribution in [-0.4, -0.2) is 13.1 Å². The SMILES string of the molecule is C/C=C/C=C/CC(=O)OC. The number of methoxy groups -OCH3 is 1. The summed E-state index contributed by atoms with van der Waals surface area (Å²) in [5.41, 5.74) is 0. The minimum absolute atomic E-state index is 0.208. The van der Waals surface area contributed by atoms with E-state index < -0.39 is 0 Å². The van der Waals surface area contributed by atoms with Gasteiger partial charge in [0.25, 0.3) is 0 Å². The third kappa shape index (κ3) is 5.09. The number of carbonyl (C=O) groups excluding carboxylic acids is 1. The third-order valence-corrected chi connectivity index (χ3v) is 0.952. The highest BCUT2D eigenvalue weighted by Crippen LogP contribution is 1.86. The molecule has 0 aliphatic heterocycles. The lowest BCUT2D eigenvalue weighted by Gasteiger charge is -1.89. The van der Waals surface area contributed by atoms with Crippen LogP contribution in [0.3, 0.4) is 0 Å². The van der Waals surface area contributed by atoms with Crippen LogP contribution in [0.4, 0.5) is 0 Å². The molecular weight excluding hydrogens is 128 g/mol. The standard InChI is InChI=1S/C8H12O2/c1-3-4-5-6-7-8(9)10-2/h3-6H,7H2,1-2H3/b4-3+,6-5+. The number of carbonyl (C=O) groups is 1. The summed E-state index contributed by atoms with van der Waals surface area (Å²) in [6.07, 6.45) is 7.68. The first-order valence-corrected chi connectivity index (χ1v) is 3.16. The number of allylic oxidation sites excluding steroid dienone is 3. The molecule has 10 heavy (non-hydrogen) atoms. The zero-order valence-electron chi connectivity index (χ0n) is 6.33. The largest absolute Gasteiger partial charge is 0.469 e. The van der Waals surface area contributed by atoms with Crippen molar-refractivity contribution in [3.63, 3.8) is 0 Å². The third-order valence-electron chi connectivity index (χ3n) is 0.952. The Morgan fingerprint density at radius 3 is 2.70 bits per heavy atom. The van der Waals surface area contributed by atoms with Crippen molar-refractivity contribution in [2.75, 3.05) is 7.11 Å². The molecule has 2 nitrogen and oxygen atoms in total. The predicted molar refractivity (Wildman–Crippen MR) is 40.6 cm³/mol. The van der Waals surface area contributed by atoms with Crippen molar-refractivity contribution in [2.24, 2.45) is 0 Å². The highest BCUT2D eigenvalue weighted by atomic mass is 16.5. The Morgan fingerprint density at radius 2 is 2.20 bits per heavy atom. The van der Waals surface area contributed by atoms with E-state index in [1.807, 2.05) is 25.2 Å². The van der Waals surface area contributed by atoms with E-state index in [9.17, 15) is 4.79 Å². The molecule has 0 spiro atoms. The lowest BCUT2D eigenvalue weighted by molar-refractivity contribution is -0.139.